The van der Waals surface area contributed by atoms with Gasteiger partial charge in [-0.2, -0.15) is 5.26 Å². The van der Waals surface area contributed by atoms with Gasteiger partial charge < -0.3 is 25.3 Å². The Hall–Kier alpha value is -2.60. The van der Waals surface area contributed by atoms with Gasteiger partial charge in [-0.3, -0.25) is 9.59 Å². The average molecular weight is 364 g/mol. The number of nitrogens with zero attached hydrogens (tertiary/aromatic N) is 4. The maximum atomic E-state index is 12.8. The fraction of sp³-hybridized carbons (Fsp3) is 0.647. The largest absolute Gasteiger partial charge is 0.400 e. The highest BCUT2D eigenvalue weighted by atomic mass is 16.2. The third-order valence-corrected chi connectivity index (χ3v) is 4.39. The fourth-order valence-electron chi connectivity index (χ4n) is 3.10. The number of hydrazine groups is 1. The molecule has 0 saturated carbocycles. The van der Waals surface area contributed by atoms with E-state index < -0.39 is 12.0 Å². The summed E-state index contributed by atoms with van der Waals surface area (Å²) in [5.74, 6) is 3.85. The molecule has 0 bridgehead atoms. The Balaban J connectivity index is 2.86. The summed E-state index contributed by atoms with van der Waals surface area (Å²) in [5, 5.41) is 10.4. The van der Waals surface area contributed by atoms with E-state index in [-0.39, 0.29) is 36.7 Å². The molecule has 2 amide bonds. The van der Waals surface area contributed by atoms with Gasteiger partial charge in [0, 0.05) is 38.5 Å². The molecule has 0 spiro atoms. The zero-order valence-corrected chi connectivity index (χ0v) is 15.8. The smallest absolute Gasteiger partial charge is 0.243 e. The third-order valence-electron chi connectivity index (χ3n) is 4.39. The number of hydrogen-bond donors (Lipinski definition) is 2. The van der Waals surface area contributed by atoms with Gasteiger partial charge in [-0.1, -0.05) is 13.8 Å². The molecule has 3 unspecified atom stereocenters. The Labute approximate surface area is 154 Å². The number of nitriles is 1. The topological polar surface area (TPSA) is 137 Å². The van der Waals surface area contributed by atoms with Crippen molar-refractivity contribution in [2.24, 2.45) is 29.3 Å². The summed E-state index contributed by atoms with van der Waals surface area (Å²) in [4.78, 5) is 38.9. The van der Waals surface area contributed by atoms with Gasteiger partial charge in [0.2, 0.25) is 11.8 Å². The minimum absolute atomic E-state index is 0.0886. The molecule has 0 radical (unpaired) electrons. The lowest BCUT2D eigenvalue weighted by Gasteiger charge is -2.28. The molecule has 1 aliphatic heterocycles. The monoisotopic (exact) mass is 364 g/mol. The number of likely N-dealkylation sites (N-methyl/N-ethyl adjacent to an activating group) is 1. The molecule has 0 aliphatic carbocycles. The van der Waals surface area contributed by atoms with Gasteiger partial charge in [-0.25, -0.2) is 5.84 Å². The van der Waals surface area contributed by atoms with Crippen LogP contribution in [0.15, 0.2) is 11.9 Å². The molecule has 0 aromatic carbocycles. The number of nitrogens with two attached hydrogens (primary N) is 2. The summed E-state index contributed by atoms with van der Waals surface area (Å²) in [6.45, 7) is 3.74. The summed E-state index contributed by atoms with van der Waals surface area (Å²) in [6, 6.07) is 1.40. The molecule has 0 aromatic rings. The van der Waals surface area contributed by atoms with E-state index in [4.69, 9.17) is 11.6 Å². The number of hydrogen-bond acceptors (Lipinski definition) is 7. The van der Waals surface area contributed by atoms with Crippen LogP contribution in [0.25, 0.3) is 0 Å². The second-order valence-corrected chi connectivity index (χ2v) is 7.03. The minimum Gasteiger partial charge on any atom is -0.400 e. The number of carbonyl (C=O) groups is 3. The van der Waals surface area contributed by atoms with Gasteiger partial charge in [0.25, 0.3) is 0 Å². The zero-order valence-electron chi connectivity index (χ0n) is 15.8. The van der Waals surface area contributed by atoms with Crippen LogP contribution in [0.5, 0.6) is 0 Å². The van der Waals surface area contributed by atoms with Crippen molar-refractivity contribution in [2.45, 2.75) is 26.3 Å². The molecule has 9 heteroatoms. The molecule has 1 fully saturated rings. The standard InChI is InChI=1S/C17H28N6O3/c1-11(2)16(14(19)8-22(4)20)17(26)21(3)9-15(25)23-7-12(10-24)5-13(23)6-18/h8,10-13,16H,5,7,9,19-20H2,1-4H3/b14-8-. The van der Waals surface area contributed by atoms with Crippen molar-refractivity contribution in [3.05, 3.63) is 11.9 Å². The first kappa shape index (κ1) is 21.4. The second-order valence-electron chi connectivity index (χ2n) is 7.03. The molecule has 4 N–H and O–H groups in total. The van der Waals surface area contributed by atoms with Crippen molar-refractivity contribution in [1.29, 1.82) is 5.26 Å². The van der Waals surface area contributed by atoms with E-state index in [1.165, 1.54) is 28.1 Å². The first-order valence-corrected chi connectivity index (χ1v) is 8.46. The van der Waals surface area contributed by atoms with Crippen molar-refractivity contribution in [2.75, 3.05) is 27.2 Å². The van der Waals surface area contributed by atoms with Crippen molar-refractivity contribution in [1.82, 2.24) is 14.8 Å². The Morgan fingerprint density at radius 3 is 2.46 bits per heavy atom. The summed E-state index contributed by atoms with van der Waals surface area (Å²) in [6.07, 6.45) is 2.56. The Morgan fingerprint density at radius 2 is 2.00 bits per heavy atom. The Kier molecular flexibility index (Phi) is 7.58. The van der Waals surface area contributed by atoms with Crippen LogP contribution in [0.3, 0.4) is 0 Å². The SMILES string of the molecule is CC(C)C(C(=O)N(C)CC(=O)N1CC(C=O)CC1C#N)/C(N)=C/N(C)N. The van der Waals surface area contributed by atoms with Gasteiger partial charge in [0.15, 0.2) is 0 Å². The Morgan fingerprint density at radius 1 is 1.38 bits per heavy atom. The van der Waals surface area contributed by atoms with E-state index in [1.807, 2.05) is 19.9 Å². The number of carbonyl (C=O) groups excluding carboxylic acids is 3. The summed E-state index contributed by atoms with van der Waals surface area (Å²) in [5.41, 5.74) is 6.32. The molecular weight excluding hydrogens is 336 g/mol. The lowest BCUT2D eigenvalue weighted by molar-refractivity contribution is -0.141. The predicted octanol–water partition coefficient (Wildman–Crippen LogP) is -0.738. The van der Waals surface area contributed by atoms with Crippen LogP contribution in [-0.2, 0) is 14.4 Å². The highest BCUT2D eigenvalue weighted by Gasteiger charge is 2.36. The number of amides is 2. The van der Waals surface area contributed by atoms with Crippen LogP contribution in [0.4, 0.5) is 0 Å². The molecule has 1 saturated heterocycles. The second kappa shape index (κ2) is 9.20. The predicted molar refractivity (Wildman–Crippen MR) is 95.5 cm³/mol. The molecule has 26 heavy (non-hydrogen) atoms. The molecule has 1 aliphatic rings. The lowest BCUT2D eigenvalue weighted by Crippen LogP contribution is -2.46. The zero-order chi connectivity index (χ0) is 20.0. The van der Waals surface area contributed by atoms with Crippen LogP contribution in [0, 0.1) is 29.1 Å². The average Bonchev–Trinajstić information content (AvgIpc) is 2.97. The molecule has 3 atom stereocenters. The molecule has 9 nitrogen and oxygen atoms in total. The molecule has 144 valence electrons. The summed E-state index contributed by atoms with van der Waals surface area (Å²) < 4.78 is 0. The van der Waals surface area contributed by atoms with E-state index >= 15 is 0 Å². The first-order chi connectivity index (χ1) is 12.1. The maximum Gasteiger partial charge on any atom is 0.243 e. The van der Waals surface area contributed by atoms with E-state index in [2.05, 4.69) is 0 Å². The first-order valence-electron chi connectivity index (χ1n) is 8.46. The van der Waals surface area contributed by atoms with E-state index in [0.717, 1.165) is 6.29 Å². The summed E-state index contributed by atoms with van der Waals surface area (Å²) >= 11 is 0. The van der Waals surface area contributed by atoms with Gasteiger partial charge >= 0.3 is 0 Å². The van der Waals surface area contributed by atoms with Crippen LogP contribution < -0.4 is 11.6 Å². The van der Waals surface area contributed by atoms with Gasteiger partial charge in [0.05, 0.1) is 18.5 Å². The van der Waals surface area contributed by atoms with Gasteiger partial charge in [-0.15, -0.1) is 0 Å². The third kappa shape index (κ3) is 5.20. The van der Waals surface area contributed by atoms with Crippen LogP contribution in [-0.4, -0.2) is 66.1 Å². The maximum absolute atomic E-state index is 12.8. The normalized spacial score (nSPS) is 21.3. The van der Waals surface area contributed by atoms with E-state index in [0.29, 0.717) is 12.1 Å². The van der Waals surface area contributed by atoms with Crippen molar-refractivity contribution in [3.8, 4) is 6.07 Å². The number of rotatable bonds is 7. The van der Waals surface area contributed by atoms with Crippen LogP contribution in [0.1, 0.15) is 20.3 Å². The quantitative estimate of drug-likeness (QED) is 0.345. The van der Waals surface area contributed by atoms with Gasteiger partial charge in [-0.05, 0) is 12.3 Å². The highest BCUT2D eigenvalue weighted by molar-refractivity contribution is 5.87. The van der Waals surface area contributed by atoms with Crippen molar-refractivity contribution >= 4 is 18.1 Å². The van der Waals surface area contributed by atoms with E-state index in [1.54, 1.807) is 7.05 Å². The lowest BCUT2D eigenvalue weighted by atomic mass is 9.91. The van der Waals surface area contributed by atoms with Crippen LogP contribution >= 0.6 is 0 Å². The fourth-order valence-corrected chi connectivity index (χ4v) is 3.10. The molecular formula is C17H28N6O3. The molecule has 1 rings (SSSR count). The molecule has 1 heterocycles. The molecule has 0 aromatic heterocycles. The highest BCUT2D eigenvalue weighted by Crippen LogP contribution is 2.23. The van der Waals surface area contributed by atoms with Gasteiger partial charge in [0.1, 0.15) is 12.3 Å². The van der Waals surface area contributed by atoms with Crippen LogP contribution in [0.2, 0.25) is 0 Å². The summed E-state index contributed by atoms with van der Waals surface area (Å²) in [7, 11) is 3.12. The number of aldehydes is 1. The minimum atomic E-state index is -0.641. The number of likely N-dealkylation sites (tertiary alicyclic amines) is 1. The van der Waals surface area contributed by atoms with Crippen molar-refractivity contribution < 1.29 is 14.4 Å². The van der Waals surface area contributed by atoms with E-state index in [9.17, 15) is 19.6 Å². The van der Waals surface area contributed by atoms with Crippen molar-refractivity contribution in [3.63, 3.8) is 0 Å². The Bertz CT molecular complexity index is 610.